The molecule has 0 aromatic heterocycles. The zero-order valence-corrected chi connectivity index (χ0v) is 10.8. The van der Waals surface area contributed by atoms with Crippen LogP contribution in [0.15, 0.2) is 18.2 Å². The molecule has 0 unspecified atom stereocenters. The Morgan fingerprint density at radius 2 is 2.06 bits per heavy atom. The third-order valence-electron chi connectivity index (χ3n) is 2.65. The molecule has 0 bridgehead atoms. The monoisotopic (exact) mass is 239 g/mol. The predicted molar refractivity (Wildman–Crippen MR) is 68.8 cm³/mol. The molecule has 0 aliphatic carbocycles. The highest BCUT2D eigenvalue weighted by atomic mass is 19.1. The standard InChI is InChI=1S/C14H22FNO/c1-3-9-17-10-8-16-7-6-13-4-5-14(15)11-12(13)2/h4-5,11,16H,3,6-10H2,1-2H3. The molecule has 0 amide bonds. The zero-order chi connectivity index (χ0) is 12.5. The summed E-state index contributed by atoms with van der Waals surface area (Å²) in [6, 6.07) is 4.96. The van der Waals surface area contributed by atoms with E-state index in [-0.39, 0.29) is 5.82 Å². The molecule has 1 aromatic rings. The number of hydrogen-bond acceptors (Lipinski definition) is 2. The summed E-state index contributed by atoms with van der Waals surface area (Å²) in [5.41, 5.74) is 2.22. The average Bonchev–Trinajstić information content (AvgIpc) is 2.30. The highest BCUT2D eigenvalue weighted by Crippen LogP contribution is 2.10. The van der Waals surface area contributed by atoms with Crippen LogP contribution < -0.4 is 5.32 Å². The number of halogens is 1. The lowest BCUT2D eigenvalue weighted by Gasteiger charge is -2.07. The third kappa shape index (κ3) is 5.80. The van der Waals surface area contributed by atoms with E-state index in [0.717, 1.165) is 44.7 Å². The van der Waals surface area contributed by atoms with Gasteiger partial charge in [-0.05, 0) is 49.6 Å². The van der Waals surface area contributed by atoms with Crippen molar-refractivity contribution in [2.24, 2.45) is 0 Å². The Kier molecular flexibility index (Phi) is 6.82. The van der Waals surface area contributed by atoms with Gasteiger partial charge in [0, 0.05) is 13.2 Å². The normalized spacial score (nSPS) is 10.8. The fourth-order valence-electron chi connectivity index (χ4n) is 1.68. The second-order valence-electron chi connectivity index (χ2n) is 4.18. The van der Waals surface area contributed by atoms with Crippen LogP contribution in [-0.2, 0) is 11.2 Å². The molecule has 1 rings (SSSR count). The molecular weight excluding hydrogens is 217 g/mol. The molecule has 3 heteroatoms. The maximum atomic E-state index is 12.9. The lowest BCUT2D eigenvalue weighted by atomic mass is 10.1. The molecular formula is C14H22FNO. The van der Waals surface area contributed by atoms with Gasteiger partial charge in [0.2, 0.25) is 0 Å². The number of benzene rings is 1. The summed E-state index contributed by atoms with van der Waals surface area (Å²) < 4.78 is 18.2. The minimum absolute atomic E-state index is 0.160. The maximum absolute atomic E-state index is 12.9. The van der Waals surface area contributed by atoms with Crippen molar-refractivity contribution < 1.29 is 9.13 Å². The fraction of sp³-hybridized carbons (Fsp3) is 0.571. The van der Waals surface area contributed by atoms with Crippen molar-refractivity contribution >= 4 is 0 Å². The van der Waals surface area contributed by atoms with Crippen LogP contribution in [0.2, 0.25) is 0 Å². The van der Waals surface area contributed by atoms with Crippen molar-refractivity contribution in [2.75, 3.05) is 26.3 Å². The van der Waals surface area contributed by atoms with Crippen LogP contribution in [-0.4, -0.2) is 26.3 Å². The average molecular weight is 239 g/mol. The van der Waals surface area contributed by atoms with Gasteiger partial charge in [0.15, 0.2) is 0 Å². The van der Waals surface area contributed by atoms with Crippen LogP contribution >= 0.6 is 0 Å². The van der Waals surface area contributed by atoms with E-state index in [1.807, 2.05) is 13.0 Å². The number of rotatable bonds is 8. The van der Waals surface area contributed by atoms with Crippen LogP contribution in [0.1, 0.15) is 24.5 Å². The summed E-state index contributed by atoms with van der Waals surface area (Å²) in [7, 11) is 0. The molecule has 0 saturated heterocycles. The fourth-order valence-corrected chi connectivity index (χ4v) is 1.68. The molecule has 2 nitrogen and oxygen atoms in total. The summed E-state index contributed by atoms with van der Waals surface area (Å²) in [6.45, 7) is 7.42. The van der Waals surface area contributed by atoms with Gasteiger partial charge in [-0.1, -0.05) is 13.0 Å². The van der Waals surface area contributed by atoms with Gasteiger partial charge in [-0.15, -0.1) is 0 Å². The molecule has 1 aromatic carbocycles. The number of ether oxygens (including phenoxy) is 1. The molecule has 96 valence electrons. The number of aryl methyl sites for hydroxylation is 1. The molecule has 0 aliphatic rings. The predicted octanol–water partition coefficient (Wildman–Crippen LogP) is 2.69. The van der Waals surface area contributed by atoms with E-state index in [2.05, 4.69) is 12.2 Å². The lowest BCUT2D eigenvalue weighted by molar-refractivity contribution is 0.137. The maximum Gasteiger partial charge on any atom is 0.123 e. The Labute approximate surface area is 103 Å². The van der Waals surface area contributed by atoms with E-state index in [4.69, 9.17) is 4.74 Å². The summed E-state index contributed by atoms with van der Waals surface area (Å²) in [5.74, 6) is -0.160. The first kappa shape index (κ1) is 14.1. The first-order valence-electron chi connectivity index (χ1n) is 6.27. The van der Waals surface area contributed by atoms with E-state index < -0.39 is 0 Å². The molecule has 0 spiro atoms. The Bertz CT molecular complexity index is 328. The molecule has 0 atom stereocenters. The lowest BCUT2D eigenvalue weighted by Crippen LogP contribution is -2.22. The molecule has 17 heavy (non-hydrogen) atoms. The molecule has 0 heterocycles. The van der Waals surface area contributed by atoms with Crippen molar-refractivity contribution in [3.8, 4) is 0 Å². The van der Waals surface area contributed by atoms with Crippen LogP contribution in [0, 0.1) is 12.7 Å². The largest absolute Gasteiger partial charge is 0.380 e. The quantitative estimate of drug-likeness (QED) is 0.704. The van der Waals surface area contributed by atoms with Gasteiger partial charge in [-0.3, -0.25) is 0 Å². The second kappa shape index (κ2) is 8.20. The second-order valence-corrected chi connectivity index (χ2v) is 4.18. The molecule has 0 saturated carbocycles. The highest BCUT2D eigenvalue weighted by molar-refractivity contribution is 5.26. The zero-order valence-electron chi connectivity index (χ0n) is 10.8. The van der Waals surface area contributed by atoms with Gasteiger partial charge in [-0.25, -0.2) is 4.39 Å². The van der Waals surface area contributed by atoms with Gasteiger partial charge in [-0.2, -0.15) is 0 Å². The minimum Gasteiger partial charge on any atom is -0.380 e. The van der Waals surface area contributed by atoms with Crippen molar-refractivity contribution in [3.63, 3.8) is 0 Å². The van der Waals surface area contributed by atoms with E-state index >= 15 is 0 Å². The Balaban J connectivity index is 2.14. The van der Waals surface area contributed by atoms with Crippen LogP contribution in [0.4, 0.5) is 4.39 Å². The van der Waals surface area contributed by atoms with Crippen LogP contribution in [0.3, 0.4) is 0 Å². The first-order chi connectivity index (χ1) is 8.24. The van der Waals surface area contributed by atoms with E-state index in [1.165, 1.54) is 11.6 Å². The van der Waals surface area contributed by atoms with E-state index in [0.29, 0.717) is 0 Å². The van der Waals surface area contributed by atoms with Gasteiger partial charge in [0.05, 0.1) is 6.61 Å². The number of hydrogen-bond donors (Lipinski definition) is 1. The smallest absolute Gasteiger partial charge is 0.123 e. The van der Waals surface area contributed by atoms with Crippen LogP contribution in [0.25, 0.3) is 0 Å². The Hall–Kier alpha value is -0.930. The van der Waals surface area contributed by atoms with Crippen molar-refractivity contribution in [3.05, 3.63) is 35.1 Å². The van der Waals surface area contributed by atoms with Crippen molar-refractivity contribution in [1.29, 1.82) is 0 Å². The Morgan fingerprint density at radius 3 is 2.76 bits per heavy atom. The van der Waals surface area contributed by atoms with Crippen LogP contribution in [0.5, 0.6) is 0 Å². The summed E-state index contributed by atoms with van der Waals surface area (Å²) in [4.78, 5) is 0. The SMILES string of the molecule is CCCOCCNCCc1ccc(F)cc1C. The van der Waals surface area contributed by atoms with Gasteiger partial charge in [0.1, 0.15) is 5.82 Å². The van der Waals surface area contributed by atoms with Gasteiger partial charge >= 0.3 is 0 Å². The van der Waals surface area contributed by atoms with Gasteiger partial charge < -0.3 is 10.1 Å². The molecule has 0 fully saturated rings. The molecule has 1 N–H and O–H groups in total. The summed E-state index contributed by atoms with van der Waals surface area (Å²) >= 11 is 0. The molecule has 0 aliphatic heterocycles. The highest BCUT2D eigenvalue weighted by Gasteiger charge is 1.99. The minimum atomic E-state index is -0.160. The third-order valence-corrected chi connectivity index (χ3v) is 2.65. The summed E-state index contributed by atoms with van der Waals surface area (Å²) in [5, 5.41) is 3.32. The van der Waals surface area contributed by atoms with E-state index in [9.17, 15) is 4.39 Å². The van der Waals surface area contributed by atoms with Crippen molar-refractivity contribution in [1.82, 2.24) is 5.32 Å². The van der Waals surface area contributed by atoms with Gasteiger partial charge in [0.25, 0.3) is 0 Å². The molecule has 0 radical (unpaired) electrons. The van der Waals surface area contributed by atoms with E-state index in [1.54, 1.807) is 6.07 Å². The summed E-state index contributed by atoms with van der Waals surface area (Å²) in [6.07, 6.45) is 1.99. The first-order valence-corrected chi connectivity index (χ1v) is 6.27. The number of nitrogens with one attached hydrogen (secondary N) is 1. The topological polar surface area (TPSA) is 21.3 Å². The Morgan fingerprint density at radius 1 is 1.24 bits per heavy atom. The van der Waals surface area contributed by atoms with Crippen molar-refractivity contribution in [2.45, 2.75) is 26.7 Å².